The van der Waals surface area contributed by atoms with Gasteiger partial charge in [-0.25, -0.2) is 8.78 Å². The highest BCUT2D eigenvalue weighted by atomic mass is 19.1. The summed E-state index contributed by atoms with van der Waals surface area (Å²) in [5, 5.41) is 0. The van der Waals surface area contributed by atoms with Crippen LogP contribution < -0.4 is 0 Å². The summed E-state index contributed by atoms with van der Waals surface area (Å²) in [5.41, 5.74) is 4.19. The number of halogens is 2. The number of benzene rings is 2. The lowest BCUT2D eigenvalue weighted by Gasteiger charge is -2.25. The van der Waals surface area contributed by atoms with E-state index in [1.165, 1.54) is 28.8 Å². The van der Waals surface area contributed by atoms with Crippen LogP contribution in [0.3, 0.4) is 0 Å². The fourth-order valence-electron chi connectivity index (χ4n) is 3.11. The third-order valence-electron chi connectivity index (χ3n) is 4.32. The van der Waals surface area contributed by atoms with Crippen LogP contribution >= 0.6 is 0 Å². The largest absolute Gasteiger partial charge is 0.372 e. The van der Waals surface area contributed by atoms with Gasteiger partial charge in [-0.3, -0.25) is 0 Å². The van der Waals surface area contributed by atoms with Crippen LogP contribution in [0.4, 0.5) is 8.78 Å². The van der Waals surface area contributed by atoms with E-state index >= 15 is 0 Å². The van der Waals surface area contributed by atoms with Crippen LogP contribution in [0.2, 0.25) is 0 Å². The molecular weight excluding hydrogens is 320 g/mol. The zero-order valence-corrected chi connectivity index (χ0v) is 15.5. The van der Waals surface area contributed by atoms with Gasteiger partial charge in [0.1, 0.15) is 11.6 Å². The van der Waals surface area contributed by atoms with Gasteiger partial charge in [-0.15, -0.1) is 0 Å². The van der Waals surface area contributed by atoms with Crippen molar-refractivity contribution in [3.05, 3.63) is 70.3 Å². The first-order valence-corrected chi connectivity index (χ1v) is 8.65. The van der Waals surface area contributed by atoms with Crippen molar-refractivity contribution in [2.45, 2.75) is 32.8 Å². The number of aryl methyl sites for hydroxylation is 3. The summed E-state index contributed by atoms with van der Waals surface area (Å²) in [6, 6.07) is 9.99. The average Bonchev–Trinajstić information content (AvgIpc) is 2.52. The molecule has 25 heavy (non-hydrogen) atoms. The van der Waals surface area contributed by atoms with Crippen molar-refractivity contribution < 1.29 is 13.5 Å². The molecule has 0 fully saturated rings. The maximum atomic E-state index is 13.7. The number of rotatable bonds is 8. The SMILES string of the molecule is Cc1cccc(C)c1C(CN(C)C)OCCCc1ccc(F)cc1F. The molecule has 0 bridgehead atoms. The zero-order chi connectivity index (χ0) is 18.4. The first-order valence-electron chi connectivity index (χ1n) is 8.65. The summed E-state index contributed by atoms with van der Waals surface area (Å²) in [6.45, 7) is 5.52. The Kier molecular flexibility index (Phi) is 7.09. The van der Waals surface area contributed by atoms with E-state index < -0.39 is 11.6 Å². The molecule has 2 rings (SSSR count). The third kappa shape index (κ3) is 5.62. The highest BCUT2D eigenvalue weighted by Crippen LogP contribution is 2.26. The van der Waals surface area contributed by atoms with Crippen molar-refractivity contribution in [2.24, 2.45) is 0 Å². The fraction of sp³-hybridized carbons (Fsp3) is 0.429. The summed E-state index contributed by atoms with van der Waals surface area (Å²) < 4.78 is 32.8. The molecule has 2 nitrogen and oxygen atoms in total. The van der Waals surface area contributed by atoms with Gasteiger partial charge in [-0.1, -0.05) is 24.3 Å². The Morgan fingerprint density at radius 3 is 2.32 bits per heavy atom. The standard InChI is InChI=1S/C21H27F2NO/c1-15-7-5-8-16(2)21(15)20(14-24(3)4)25-12-6-9-17-10-11-18(22)13-19(17)23/h5,7-8,10-11,13,20H,6,9,12,14H2,1-4H3. The molecule has 0 saturated carbocycles. The molecule has 1 atom stereocenters. The zero-order valence-electron chi connectivity index (χ0n) is 15.5. The van der Waals surface area contributed by atoms with E-state index in [2.05, 4.69) is 36.9 Å². The Morgan fingerprint density at radius 1 is 1.04 bits per heavy atom. The normalized spacial score (nSPS) is 12.6. The lowest BCUT2D eigenvalue weighted by molar-refractivity contribution is 0.0327. The number of hydrogen-bond donors (Lipinski definition) is 0. The monoisotopic (exact) mass is 347 g/mol. The van der Waals surface area contributed by atoms with Crippen molar-refractivity contribution >= 4 is 0 Å². The van der Waals surface area contributed by atoms with Crippen LogP contribution in [0.15, 0.2) is 36.4 Å². The Morgan fingerprint density at radius 2 is 1.72 bits per heavy atom. The quantitative estimate of drug-likeness (QED) is 0.634. The highest BCUT2D eigenvalue weighted by molar-refractivity contribution is 5.35. The minimum absolute atomic E-state index is 0.0192. The van der Waals surface area contributed by atoms with Gasteiger partial charge >= 0.3 is 0 Å². The number of hydrogen-bond acceptors (Lipinski definition) is 2. The topological polar surface area (TPSA) is 12.5 Å². The molecule has 0 radical (unpaired) electrons. The van der Waals surface area contributed by atoms with Crippen LogP contribution in [-0.2, 0) is 11.2 Å². The number of likely N-dealkylation sites (N-methyl/N-ethyl adjacent to an activating group) is 1. The second-order valence-electron chi connectivity index (χ2n) is 6.77. The van der Waals surface area contributed by atoms with Crippen LogP contribution in [0, 0.1) is 25.5 Å². The van der Waals surface area contributed by atoms with Crippen molar-refractivity contribution in [3.8, 4) is 0 Å². The lowest BCUT2D eigenvalue weighted by Crippen LogP contribution is -2.24. The Labute approximate surface area is 149 Å². The van der Waals surface area contributed by atoms with Gasteiger partial charge < -0.3 is 9.64 Å². The number of ether oxygens (including phenoxy) is 1. The molecule has 2 aromatic carbocycles. The predicted octanol–water partition coefficient (Wildman–Crippen LogP) is 4.83. The summed E-state index contributed by atoms with van der Waals surface area (Å²) in [4.78, 5) is 2.11. The molecule has 136 valence electrons. The molecular formula is C21H27F2NO. The average molecular weight is 347 g/mol. The molecule has 0 saturated heterocycles. The van der Waals surface area contributed by atoms with Crippen molar-refractivity contribution in [1.82, 2.24) is 4.90 Å². The molecule has 4 heteroatoms. The molecule has 0 aromatic heterocycles. The predicted molar refractivity (Wildman–Crippen MR) is 97.8 cm³/mol. The molecule has 0 amide bonds. The van der Waals surface area contributed by atoms with Crippen molar-refractivity contribution in [1.29, 1.82) is 0 Å². The van der Waals surface area contributed by atoms with Crippen LogP contribution in [0.1, 0.15) is 34.8 Å². The van der Waals surface area contributed by atoms with E-state index in [-0.39, 0.29) is 6.10 Å². The lowest BCUT2D eigenvalue weighted by atomic mass is 9.97. The highest BCUT2D eigenvalue weighted by Gasteiger charge is 2.17. The van der Waals surface area contributed by atoms with E-state index in [0.717, 1.165) is 12.6 Å². The van der Waals surface area contributed by atoms with Crippen LogP contribution in [-0.4, -0.2) is 32.1 Å². The smallest absolute Gasteiger partial charge is 0.129 e. The maximum absolute atomic E-state index is 13.7. The summed E-state index contributed by atoms with van der Waals surface area (Å²) in [6.07, 6.45) is 1.21. The van der Waals surface area contributed by atoms with Gasteiger partial charge in [-0.2, -0.15) is 0 Å². The molecule has 1 unspecified atom stereocenters. The fourth-order valence-corrected chi connectivity index (χ4v) is 3.11. The van der Waals surface area contributed by atoms with Gasteiger partial charge in [0.05, 0.1) is 6.10 Å². The molecule has 0 aliphatic rings. The molecule has 0 spiro atoms. The Bertz CT molecular complexity index is 680. The molecule has 2 aromatic rings. The van der Waals surface area contributed by atoms with E-state index in [1.807, 2.05) is 14.1 Å². The van der Waals surface area contributed by atoms with Gasteiger partial charge in [-0.05, 0) is 69.1 Å². The van der Waals surface area contributed by atoms with E-state index in [1.54, 1.807) is 0 Å². The molecule has 0 aliphatic carbocycles. The maximum Gasteiger partial charge on any atom is 0.129 e. The first kappa shape index (κ1) is 19.5. The summed E-state index contributed by atoms with van der Waals surface area (Å²) in [5.74, 6) is -1.03. The van der Waals surface area contributed by atoms with Crippen molar-refractivity contribution in [3.63, 3.8) is 0 Å². The second-order valence-corrected chi connectivity index (χ2v) is 6.77. The summed E-state index contributed by atoms with van der Waals surface area (Å²) in [7, 11) is 4.05. The van der Waals surface area contributed by atoms with Crippen LogP contribution in [0.25, 0.3) is 0 Å². The van der Waals surface area contributed by atoms with Crippen molar-refractivity contribution in [2.75, 3.05) is 27.2 Å². The van der Waals surface area contributed by atoms with Gasteiger partial charge in [0.2, 0.25) is 0 Å². The number of nitrogens with zero attached hydrogens (tertiary/aromatic N) is 1. The van der Waals surface area contributed by atoms with Gasteiger partial charge in [0.25, 0.3) is 0 Å². The molecule has 0 N–H and O–H groups in total. The molecule has 0 aliphatic heterocycles. The van der Waals surface area contributed by atoms with Gasteiger partial charge in [0.15, 0.2) is 0 Å². The minimum atomic E-state index is -0.543. The van der Waals surface area contributed by atoms with Crippen LogP contribution in [0.5, 0.6) is 0 Å². The van der Waals surface area contributed by atoms with Gasteiger partial charge in [0, 0.05) is 19.2 Å². The third-order valence-corrected chi connectivity index (χ3v) is 4.32. The summed E-state index contributed by atoms with van der Waals surface area (Å²) >= 11 is 0. The molecule has 0 heterocycles. The van der Waals surface area contributed by atoms with E-state index in [4.69, 9.17) is 4.74 Å². The second kappa shape index (κ2) is 9.07. The Hall–Kier alpha value is -1.78. The minimum Gasteiger partial charge on any atom is -0.372 e. The first-order chi connectivity index (χ1) is 11.9. The van der Waals surface area contributed by atoms with E-state index in [0.29, 0.717) is 25.0 Å². The Balaban J connectivity index is 1.98. The van der Waals surface area contributed by atoms with E-state index in [9.17, 15) is 8.78 Å².